The monoisotopic (exact) mass is 278 g/mol. The number of rotatable bonds is 6. The molecule has 0 amide bonds. The van der Waals surface area contributed by atoms with Gasteiger partial charge in [-0.25, -0.2) is 12.7 Å². The number of piperidine rings is 1. The van der Waals surface area contributed by atoms with Gasteiger partial charge in [0, 0.05) is 26.2 Å². The highest BCUT2D eigenvalue weighted by Crippen LogP contribution is 2.23. The Kier molecular flexibility index (Phi) is 6.04. The van der Waals surface area contributed by atoms with Crippen LogP contribution in [0.4, 0.5) is 0 Å². The largest absolute Gasteiger partial charge is 0.380 e. The fourth-order valence-corrected chi connectivity index (χ4v) is 3.64. The molecule has 5 nitrogen and oxygen atoms in total. The first-order valence-corrected chi connectivity index (χ1v) is 8.46. The molecule has 0 aromatic carbocycles. The fraction of sp³-hybridized carbons (Fsp3) is 1.00. The highest BCUT2D eigenvalue weighted by molar-refractivity contribution is 7.88. The van der Waals surface area contributed by atoms with Crippen LogP contribution in [0.25, 0.3) is 0 Å². The van der Waals surface area contributed by atoms with Gasteiger partial charge in [0.05, 0.1) is 12.4 Å². The Bertz CT molecular complexity index is 341. The van der Waals surface area contributed by atoms with Gasteiger partial charge < -0.3 is 10.5 Å². The van der Waals surface area contributed by atoms with Crippen LogP contribution in [0.1, 0.15) is 32.6 Å². The maximum absolute atomic E-state index is 11.5. The lowest BCUT2D eigenvalue weighted by molar-refractivity contribution is 0.0659. The van der Waals surface area contributed by atoms with Crippen molar-refractivity contribution < 1.29 is 13.2 Å². The lowest BCUT2D eigenvalue weighted by Gasteiger charge is -2.33. The molecule has 0 spiro atoms. The van der Waals surface area contributed by atoms with E-state index in [1.54, 1.807) is 11.4 Å². The van der Waals surface area contributed by atoms with Crippen molar-refractivity contribution in [1.82, 2.24) is 4.31 Å². The average molecular weight is 278 g/mol. The second-order valence-corrected chi connectivity index (χ2v) is 7.19. The van der Waals surface area contributed by atoms with E-state index in [0.29, 0.717) is 19.0 Å². The predicted octanol–water partition coefficient (Wildman–Crippen LogP) is 0.800. The first kappa shape index (κ1) is 15.9. The number of nitrogens with zero attached hydrogens (tertiary/aromatic N) is 1. The molecule has 0 radical (unpaired) electrons. The van der Waals surface area contributed by atoms with E-state index in [-0.39, 0.29) is 12.1 Å². The van der Waals surface area contributed by atoms with Gasteiger partial charge in [-0.2, -0.15) is 0 Å². The SMILES string of the molecule is CCC(OC)C(N)CC1CCCN(S(C)(=O)=O)C1. The molecule has 0 aromatic rings. The van der Waals surface area contributed by atoms with Gasteiger partial charge in [0.2, 0.25) is 10.0 Å². The Labute approximate surface area is 111 Å². The molecule has 1 saturated heterocycles. The molecule has 18 heavy (non-hydrogen) atoms. The third-order valence-electron chi connectivity index (χ3n) is 3.74. The van der Waals surface area contributed by atoms with E-state index in [4.69, 9.17) is 10.5 Å². The second-order valence-electron chi connectivity index (χ2n) is 5.21. The van der Waals surface area contributed by atoms with Crippen molar-refractivity contribution in [2.24, 2.45) is 11.7 Å². The number of hydrogen-bond donors (Lipinski definition) is 1. The normalized spacial score (nSPS) is 25.9. The molecule has 3 unspecified atom stereocenters. The summed E-state index contributed by atoms with van der Waals surface area (Å²) >= 11 is 0. The van der Waals surface area contributed by atoms with Gasteiger partial charge >= 0.3 is 0 Å². The third-order valence-corrected chi connectivity index (χ3v) is 5.01. The number of hydrogen-bond acceptors (Lipinski definition) is 4. The van der Waals surface area contributed by atoms with Crippen LogP contribution in [-0.4, -0.2) is 51.3 Å². The summed E-state index contributed by atoms with van der Waals surface area (Å²) in [5.41, 5.74) is 6.13. The Hall–Kier alpha value is -0.170. The van der Waals surface area contributed by atoms with Gasteiger partial charge in [-0.05, 0) is 31.6 Å². The number of sulfonamides is 1. The van der Waals surface area contributed by atoms with Crippen LogP contribution in [0, 0.1) is 5.92 Å². The summed E-state index contributed by atoms with van der Waals surface area (Å²) in [7, 11) is -1.39. The van der Waals surface area contributed by atoms with E-state index in [2.05, 4.69) is 6.92 Å². The Morgan fingerprint density at radius 2 is 2.17 bits per heavy atom. The maximum Gasteiger partial charge on any atom is 0.211 e. The van der Waals surface area contributed by atoms with Crippen LogP contribution in [-0.2, 0) is 14.8 Å². The molecule has 6 heteroatoms. The Morgan fingerprint density at radius 1 is 1.50 bits per heavy atom. The minimum absolute atomic E-state index is 0.00971. The fourth-order valence-electron chi connectivity index (χ4n) is 2.70. The van der Waals surface area contributed by atoms with Crippen molar-refractivity contribution in [1.29, 1.82) is 0 Å². The van der Waals surface area contributed by atoms with Crippen LogP contribution >= 0.6 is 0 Å². The van der Waals surface area contributed by atoms with E-state index < -0.39 is 10.0 Å². The minimum atomic E-state index is -3.06. The average Bonchev–Trinajstić information content (AvgIpc) is 2.29. The zero-order chi connectivity index (χ0) is 13.8. The lowest BCUT2D eigenvalue weighted by Crippen LogP contribution is -2.43. The predicted molar refractivity (Wildman–Crippen MR) is 72.8 cm³/mol. The van der Waals surface area contributed by atoms with Crippen LogP contribution < -0.4 is 5.73 Å². The molecule has 1 heterocycles. The van der Waals surface area contributed by atoms with E-state index in [9.17, 15) is 8.42 Å². The molecule has 0 saturated carbocycles. The summed E-state index contributed by atoms with van der Waals surface area (Å²) in [5, 5.41) is 0. The first-order valence-electron chi connectivity index (χ1n) is 6.62. The molecule has 108 valence electrons. The maximum atomic E-state index is 11.5. The Morgan fingerprint density at radius 3 is 2.67 bits per heavy atom. The quantitative estimate of drug-likeness (QED) is 0.780. The standard InChI is InChI=1S/C12H26N2O3S/c1-4-12(17-2)11(13)8-10-6-5-7-14(9-10)18(3,15)16/h10-12H,4-9,13H2,1-3H3. The second kappa shape index (κ2) is 6.84. The number of methoxy groups -OCH3 is 1. The van der Waals surface area contributed by atoms with Crippen LogP contribution in [0.5, 0.6) is 0 Å². The summed E-state index contributed by atoms with van der Waals surface area (Å²) in [5.74, 6) is 0.354. The van der Waals surface area contributed by atoms with Gasteiger partial charge in [-0.15, -0.1) is 0 Å². The summed E-state index contributed by atoms with van der Waals surface area (Å²) < 4.78 is 30.0. The molecule has 0 bridgehead atoms. The summed E-state index contributed by atoms with van der Waals surface area (Å²) in [6, 6.07) is -0.00971. The van der Waals surface area contributed by atoms with Gasteiger partial charge in [0.1, 0.15) is 0 Å². The lowest BCUT2D eigenvalue weighted by atomic mass is 9.90. The van der Waals surface area contributed by atoms with Gasteiger partial charge in [-0.1, -0.05) is 6.92 Å². The van der Waals surface area contributed by atoms with Crippen molar-refractivity contribution in [2.45, 2.75) is 44.8 Å². The molecular weight excluding hydrogens is 252 g/mol. The third kappa shape index (κ3) is 4.50. The minimum Gasteiger partial charge on any atom is -0.380 e. The smallest absolute Gasteiger partial charge is 0.211 e. The van der Waals surface area contributed by atoms with Crippen molar-refractivity contribution in [3.05, 3.63) is 0 Å². The van der Waals surface area contributed by atoms with Gasteiger partial charge in [-0.3, -0.25) is 0 Å². The van der Waals surface area contributed by atoms with Gasteiger partial charge in [0.15, 0.2) is 0 Å². The topological polar surface area (TPSA) is 72.6 Å². The zero-order valence-corrected chi connectivity index (χ0v) is 12.4. The highest BCUT2D eigenvalue weighted by Gasteiger charge is 2.28. The summed E-state index contributed by atoms with van der Waals surface area (Å²) in [4.78, 5) is 0. The molecule has 1 aliphatic heterocycles. The zero-order valence-electron chi connectivity index (χ0n) is 11.6. The number of nitrogens with two attached hydrogens (primary N) is 1. The van der Waals surface area contributed by atoms with Crippen molar-refractivity contribution >= 4 is 10.0 Å². The number of ether oxygens (including phenoxy) is 1. The van der Waals surface area contributed by atoms with Crippen molar-refractivity contribution in [2.75, 3.05) is 26.5 Å². The highest BCUT2D eigenvalue weighted by atomic mass is 32.2. The van der Waals surface area contributed by atoms with Crippen LogP contribution in [0.3, 0.4) is 0 Å². The molecule has 0 aromatic heterocycles. The molecular formula is C12H26N2O3S. The van der Waals surface area contributed by atoms with Crippen LogP contribution in [0.2, 0.25) is 0 Å². The van der Waals surface area contributed by atoms with Gasteiger partial charge in [0.25, 0.3) is 0 Å². The molecule has 2 N–H and O–H groups in total. The van der Waals surface area contributed by atoms with Crippen molar-refractivity contribution in [3.63, 3.8) is 0 Å². The Balaban J connectivity index is 2.52. The van der Waals surface area contributed by atoms with Crippen LogP contribution in [0.15, 0.2) is 0 Å². The molecule has 1 aliphatic rings. The van der Waals surface area contributed by atoms with E-state index in [1.165, 1.54) is 6.26 Å². The first-order chi connectivity index (χ1) is 8.38. The van der Waals surface area contributed by atoms with E-state index in [0.717, 1.165) is 25.7 Å². The molecule has 0 aliphatic carbocycles. The molecule has 3 atom stereocenters. The van der Waals surface area contributed by atoms with E-state index >= 15 is 0 Å². The summed E-state index contributed by atoms with van der Waals surface area (Å²) in [6.07, 6.45) is 5.05. The van der Waals surface area contributed by atoms with E-state index in [1.807, 2.05) is 0 Å². The summed E-state index contributed by atoms with van der Waals surface area (Å²) in [6.45, 7) is 3.30. The molecule has 1 rings (SSSR count). The molecule has 1 fully saturated rings. The van der Waals surface area contributed by atoms with Crippen molar-refractivity contribution in [3.8, 4) is 0 Å².